The molecule has 1 rings (SSSR count). The van der Waals surface area contributed by atoms with Crippen LogP contribution in [0.5, 0.6) is 0 Å². The Hall–Kier alpha value is -1.62. The van der Waals surface area contributed by atoms with E-state index < -0.39 is 0 Å². The molecule has 1 heterocycles. The van der Waals surface area contributed by atoms with E-state index in [0.717, 1.165) is 25.3 Å². The Balaban J connectivity index is 2.53. The number of hydrogen-bond acceptors (Lipinski definition) is 4. The first-order chi connectivity index (χ1) is 9.02. The molecule has 0 fully saturated rings. The fourth-order valence-electron chi connectivity index (χ4n) is 1.79. The summed E-state index contributed by atoms with van der Waals surface area (Å²) in [5.41, 5.74) is 0.590. The zero-order valence-corrected chi connectivity index (χ0v) is 12.2. The van der Waals surface area contributed by atoms with E-state index >= 15 is 0 Å². The van der Waals surface area contributed by atoms with Gasteiger partial charge in [-0.25, -0.2) is 4.98 Å². The van der Waals surface area contributed by atoms with E-state index in [2.05, 4.69) is 22.5 Å². The number of amides is 1. The lowest BCUT2D eigenvalue weighted by molar-refractivity contribution is 0.0934. The fraction of sp³-hybridized carbons (Fsp3) is 0.571. The van der Waals surface area contributed by atoms with Crippen LogP contribution in [0.25, 0.3) is 0 Å². The molecule has 1 amide bonds. The quantitative estimate of drug-likeness (QED) is 0.785. The Morgan fingerprint density at radius 2 is 2.16 bits per heavy atom. The van der Waals surface area contributed by atoms with E-state index in [1.165, 1.54) is 0 Å². The van der Waals surface area contributed by atoms with Crippen LogP contribution >= 0.6 is 0 Å². The smallest absolute Gasteiger partial charge is 0.253 e. The van der Waals surface area contributed by atoms with Crippen molar-refractivity contribution < 1.29 is 4.79 Å². The Kier molecular flexibility index (Phi) is 6.29. The van der Waals surface area contributed by atoms with Crippen LogP contribution in [0.4, 0.5) is 5.82 Å². The average Bonchev–Trinajstić information content (AvgIpc) is 2.35. The van der Waals surface area contributed by atoms with Crippen LogP contribution in [0.3, 0.4) is 0 Å². The van der Waals surface area contributed by atoms with Gasteiger partial charge in [-0.15, -0.1) is 0 Å². The van der Waals surface area contributed by atoms with Crippen molar-refractivity contribution in [1.82, 2.24) is 15.2 Å². The van der Waals surface area contributed by atoms with Gasteiger partial charge in [0, 0.05) is 25.3 Å². The van der Waals surface area contributed by atoms with Gasteiger partial charge in [-0.2, -0.15) is 0 Å². The molecule has 1 atom stereocenters. The molecule has 106 valence electrons. The summed E-state index contributed by atoms with van der Waals surface area (Å²) in [7, 11) is 3.97. The predicted octanol–water partition coefficient (Wildman–Crippen LogP) is 1.58. The van der Waals surface area contributed by atoms with Gasteiger partial charge in [0.05, 0.1) is 5.56 Å². The topological polar surface area (TPSA) is 57.3 Å². The second-order valence-corrected chi connectivity index (χ2v) is 5.00. The fourth-order valence-corrected chi connectivity index (χ4v) is 1.79. The van der Waals surface area contributed by atoms with Gasteiger partial charge >= 0.3 is 0 Å². The summed E-state index contributed by atoms with van der Waals surface area (Å²) in [6, 6.07) is 3.74. The molecule has 1 unspecified atom stereocenters. The lowest BCUT2D eigenvalue weighted by Gasteiger charge is -2.18. The summed E-state index contributed by atoms with van der Waals surface area (Å²) in [6.07, 6.45) is 2.65. The third kappa shape index (κ3) is 5.70. The molecule has 0 radical (unpaired) electrons. The Morgan fingerprint density at radius 1 is 1.42 bits per heavy atom. The van der Waals surface area contributed by atoms with E-state index in [4.69, 9.17) is 0 Å². The molecule has 2 N–H and O–H groups in total. The number of hydrogen-bond donors (Lipinski definition) is 2. The van der Waals surface area contributed by atoms with Crippen molar-refractivity contribution in [1.29, 1.82) is 0 Å². The van der Waals surface area contributed by atoms with Gasteiger partial charge in [0.1, 0.15) is 5.82 Å². The zero-order chi connectivity index (χ0) is 14.3. The van der Waals surface area contributed by atoms with Crippen LogP contribution in [0.2, 0.25) is 0 Å². The molecule has 0 saturated heterocycles. The van der Waals surface area contributed by atoms with Crippen LogP contribution < -0.4 is 10.6 Å². The van der Waals surface area contributed by atoms with Gasteiger partial charge in [0.25, 0.3) is 5.91 Å². The average molecular weight is 264 g/mol. The number of pyridine rings is 1. The number of nitrogens with zero attached hydrogens (tertiary/aromatic N) is 2. The van der Waals surface area contributed by atoms with Gasteiger partial charge in [-0.3, -0.25) is 4.79 Å². The molecular formula is C14H24N4O. The monoisotopic (exact) mass is 264 g/mol. The van der Waals surface area contributed by atoms with E-state index in [9.17, 15) is 4.79 Å². The van der Waals surface area contributed by atoms with Crippen LogP contribution in [0.15, 0.2) is 18.3 Å². The summed E-state index contributed by atoms with van der Waals surface area (Å²) >= 11 is 0. The molecule has 1 aromatic rings. The first-order valence-corrected chi connectivity index (χ1v) is 6.68. The molecule has 19 heavy (non-hydrogen) atoms. The molecule has 0 aliphatic carbocycles. The first-order valence-electron chi connectivity index (χ1n) is 6.68. The van der Waals surface area contributed by atoms with Gasteiger partial charge < -0.3 is 15.5 Å². The van der Waals surface area contributed by atoms with Crippen LogP contribution in [0, 0.1) is 0 Å². The molecule has 0 saturated carbocycles. The highest BCUT2D eigenvalue weighted by Gasteiger charge is 2.10. The Labute approximate surface area is 115 Å². The molecule has 5 nitrogen and oxygen atoms in total. The highest BCUT2D eigenvalue weighted by molar-refractivity contribution is 5.94. The lowest BCUT2D eigenvalue weighted by atomic mass is 10.2. The molecule has 1 aromatic heterocycles. The van der Waals surface area contributed by atoms with Gasteiger partial charge in [0.2, 0.25) is 0 Å². The van der Waals surface area contributed by atoms with Crippen LogP contribution in [-0.2, 0) is 0 Å². The largest absolute Gasteiger partial charge is 0.370 e. The summed E-state index contributed by atoms with van der Waals surface area (Å²) in [6.45, 7) is 5.79. The van der Waals surface area contributed by atoms with Crippen molar-refractivity contribution in [2.75, 3.05) is 32.5 Å². The molecule has 0 spiro atoms. The second-order valence-electron chi connectivity index (χ2n) is 5.00. The van der Waals surface area contributed by atoms with E-state index in [1.807, 2.05) is 32.0 Å². The molecule has 0 aliphatic heterocycles. The first kappa shape index (κ1) is 15.4. The highest BCUT2D eigenvalue weighted by Crippen LogP contribution is 2.05. The summed E-state index contributed by atoms with van der Waals surface area (Å²) in [4.78, 5) is 18.2. The van der Waals surface area contributed by atoms with Crippen LogP contribution in [-0.4, -0.2) is 49.0 Å². The van der Waals surface area contributed by atoms with Gasteiger partial charge in [-0.1, -0.05) is 6.92 Å². The molecule has 0 aliphatic rings. The number of anilines is 1. The van der Waals surface area contributed by atoms with E-state index in [1.54, 1.807) is 12.3 Å². The summed E-state index contributed by atoms with van der Waals surface area (Å²) < 4.78 is 0. The molecule has 0 aromatic carbocycles. The standard InChI is InChI=1S/C14H24N4O/c1-5-8-15-13-7-6-12(9-16-13)14(19)17-11(2)10-18(3)4/h6-7,9,11H,5,8,10H2,1-4H3,(H,15,16)(H,17,19). The molecule has 5 heteroatoms. The number of carbonyl (C=O) groups excluding carboxylic acids is 1. The maximum Gasteiger partial charge on any atom is 0.253 e. The number of likely N-dealkylation sites (N-methyl/N-ethyl adjacent to an activating group) is 1. The maximum atomic E-state index is 12.0. The van der Waals surface area contributed by atoms with Crippen LogP contribution in [0.1, 0.15) is 30.6 Å². The van der Waals surface area contributed by atoms with Gasteiger partial charge in [0.15, 0.2) is 0 Å². The van der Waals surface area contributed by atoms with Crippen molar-refractivity contribution in [2.24, 2.45) is 0 Å². The van der Waals surface area contributed by atoms with Crippen molar-refractivity contribution >= 4 is 11.7 Å². The summed E-state index contributed by atoms with van der Waals surface area (Å²) in [5.74, 6) is 0.726. The number of aromatic nitrogens is 1. The van der Waals surface area contributed by atoms with E-state index in [-0.39, 0.29) is 11.9 Å². The zero-order valence-electron chi connectivity index (χ0n) is 12.2. The van der Waals surface area contributed by atoms with E-state index in [0.29, 0.717) is 5.56 Å². The Morgan fingerprint density at radius 3 is 2.68 bits per heavy atom. The normalized spacial score (nSPS) is 12.3. The Bertz CT molecular complexity index is 389. The van der Waals surface area contributed by atoms with Crippen molar-refractivity contribution in [3.05, 3.63) is 23.9 Å². The third-order valence-corrected chi connectivity index (χ3v) is 2.60. The SMILES string of the molecule is CCCNc1ccc(C(=O)NC(C)CN(C)C)cn1. The molecule has 0 bridgehead atoms. The number of rotatable bonds is 7. The lowest BCUT2D eigenvalue weighted by Crippen LogP contribution is -2.39. The maximum absolute atomic E-state index is 12.0. The van der Waals surface area contributed by atoms with Crippen molar-refractivity contribution in [3.63, 3.8) is 0 Å². The second kappa shape index (κ2) is 7.74. The third-order valence-electron chi connectivity index (χ3n) is 2.60. The number of carbonyl (C=O) groups is 1. The highest BCUT2D eigenvalue weighted by atomic mass is 16.1. The number of nitrogens with one attached hydrogen (secondary N) is 2. The minimum atomic E-state index is -0.0797. The minimum absolute atomic E-state index is 0.0797. The minimum Gasteiger partial charge on any atom is -0.370 e. The predicted molar refractivity (Wildman–Crippen MR) is 78.5 cm³/mol. The van der Waals surface area contributed by atoms with Gasteiger partial charge in [-0.05, 0) is 39.6 Å². The van der Waals surface area contributed by atoms with Crippen molar-refractivity contribution in [2.45, 2.75) is 26.3 Å². The molecular weight excluding hydrogens is 240 g/mol. The summed E-state index contributed by atoms with van der Waals surface area (Å²) in [5, 5.41) is 6.13. The van der Waals surface area contributed by atoms with Crippen molar-refractivity contribution in [3.8, 4) is 0 Å².